The number of aliphatic carboxylic acids is 1. The average Bonchev–Trinajstić information content (AvgIpc) is 3.70. The van der Waals surface area contributed by atoms with Crippen LogP contribution in [0.1, 0.15) is 75.5 Å². The number of primary amides is 1. The van der Waals surface area contributed by atoms with Gasteiger partial charge in [0.1, 0.15) is 24.7 Å². The molecule has 18 heteroatoms. The Morgan fingerprint density at radius 2 is 1.27 bits per heavy atom. The van der Waals surface area contributed by atoms with Crippen molar-refractivity contribution in [1.82, 2.24) is 36.9 Å². The van der Waals surface area contributed by atoms with Gasteiger partial charge in [-0.2, -0.15) is 0 Å². The van der Waals surface area contributed by atoms with Gasteiger partial charge in [0, 0.05) is 62.0 Å². The van der Waals surface area contributed by atoms with E-state index in [0.29, 0.717) is 49.3 Å². The van der Waals surface area contributed by atoms with E-state index in [2.05, 4.69) is 36.9 Å². The summed E-state index contributed by atoms with van der Waals surface area (Å²) in [5.41, 5.74) is 14.9. The van der Waals surface area contributed by atoms with Gasteiger partial charge < -0.3 is 58.2 Å². The monoisotopic (exact) mass is 911 g/mol. The van der Waals surface area contributed by atoms with E-state index in [-0.39, 0.29) is 57.8 Å². The van der Waals surface area contributed by atoms with Crippen molar-refractivity contribution in [2.24, 2.45) is 17.4 Å². The number of hydrogen-bond donors (Lipinski definition) is 10. The summed E-state index contributed by atoms with van der Waals surface area (Å²) in [4.78, 5) is 95.0. The number of hydrogen-bond acceptors (Lipinski definition) is 10. The van der Waals surface area contributed by atoms with Crippen LogP contribution in [0.25, 0.3) is 10.9 Å². The van der Waals surface area contributed by atoms with Crippen LogP contribution in [0, 0.1) is 5.92 Å². The van der Waals surface area contributed by atoms with Crippen molar-refractivity contribution in [1.29, 1.82) is 0 Å². The smallest absolute Gasteiger partial charge is 0.407 e. The third kappa shape index (κ3) is 18.7. The molecule has 1 aromatic heterocycles. The zero-order chi connectivity index (χ0) is 47.8. The summed E-state index contributed by atoms with van der Waals surface area (Å²) in [6.45, 7) is 4.60. The number of unbranched alkanes of at least 4 members (excludes halogenated alkanes) is 1. The maximum absolute atomic E-state index is 14.4. The van der Waals surface area contributed by atoms with Crippen LogP contribution in [0.15, 0.2) is 91.1 Å². The molecule has 0 bridgehead atoms. The first kappa shape index (κ1) is 51.8. The van der Waals surface area contributed by atoms with Gasteiger partial charge in [-0.25, -0.2) is 4.79 Å². The van der Waals surface area contributed by atoms with Gasteiger partial charge in [-0.15, -0.1) is 0 Å². The van der Waals surface area contributed by atoms with Crippen LogP contribution in [-0.2, 0) is 53.0 Å². The fourth-order valence-electron chi connectivity index (χ4n) is 7.32. The number of aromatic nitrogens is 1. The first-order valence-corrected chi connectivity index (χ1v) is 22.4. The SMILES string of the molecule is CC(C)C[C@H](N)CN[C@@H](CCCCNC(=O)OCc1ccccc1)C(=O)N[C@@H](CCC(N)=O)C(=O)N[C@@H](Cc1c[nH]c2ccccc12)C(=O)N[C@@H](Cc1ccccc1)C(=O)NCCC(=O)O. The summed E-state index contributed by atoms with van der Waals surface area (Å²) in [6.07, 6.45) is 2.35. The van der Waals surface area contributed by atoms with E-state index in [1.54, 1.807) is 36.5 Å². The minimum absolute atomic E-state index is 0.0392. The Bertz CT molecular complexity index is 2190. The molecule has 4 aromatic rings. The summed E-state index contributed by atoms with van der Waals surface area (Å²) in [5, 5.41) is 26.8. The number of carboxylic acids is 1. The summed E-state index contributed by atoms with van der Waals surface area (Å²) in [6, 6.07) is 20.7. The standard InChI is InChI=1S/C48H65N9O9/c1-31(2)25-35(49)29-54-38(19-11-12-23-52-48(65)66-30-33-15-7-4-8-16-33)45(62)55-39(20-21-42(50)58)46(63)57-41(27-34-28-53-37-18-10-9-17-36(34)37)47(64)56-40(26-32-13-5-3-6-14-32)44(61)51-24-22-43(59)60/h3-10,13-18,28,31,35,38-41,53-54H,11-12,19-27,29-30,49H2,1-2H3,(H2,50,58)(H,51,61)(H,52,65)(H,55,62)(H,56,64)(H,57,63)(H,59,60)/t35-,38-,39-,40-,41-/m0/s1. The number of alkyl carbamates (subject to hydrolysis) is 1. The second-order valence-corrected chi connectivity index (χ2v) is 16.7. The average molecular weight is 912 g/mol. The lowest BCUT2D eigenvalue weighted by Gasteiger charge is -2.27. The quantitative estimate of drug-likeness (QED) is 0.0354. The highest BCUT2D eigenvalue weighted by Gasteiger charge is 2.32. The molecule has 0 unspecified atom stereocenters. The van der Waals surface area contributed by atoms with Crippen LogP contribution in [0.5, 0.6) is 0 Å². The Balaban J connectivity index is 1.52. The number of aromatic amines is 1. The van der Waals surface area contributed by atoms with Gasteiger partial charge in [-0.1, -0.05) is 92.7 Å². The number of fused-ring (bicyclic) bond motifs is 1. The number of para-hydroxylation sites is 1. The van der Waals surface area contributed by atoms with Crippen LogP contribution < -0.4 is 43.4 Å². The molecular formula is C48H65N9O9. The number of carboxylic acid groups (broad SMARTS) is 1. The van der Waals surface area contributed by atoms with Crippen molar-refractivity contribution in [3.63, 3.8) is 0 Å². The highest BCUT2D eigenvalue weighted by Crippen LogP contribution is 2.20. The van der Waals surface area contributed by atoms with Gasteiger partial charge in [0.2, 0.25) is 29.5 Å². The molecule has 6 amide bonds. The molecule has 5 atom stereocenters. The van der Waals surface area contributed by atoms with Crippen LogP contribution in [0.4, 0.5) is 4.79 Å². The number of ether oxygens (including phenoxy) is 1. The number of nitrogens with one attached hydrogen (secondary N) is 7. The largest absolute Gasteiger partial charge is 0.481 e. The Morgan fingerprint density at radius 1 is 0.667 bits per heavy atom. The van der Waals surface area contributed by atoms with Crippen molar-refractivity contribution in [3.8, 4) is 0 Å². The second-order valence-electron chi connectivity index (χ2n) is 16.7. The maximum Gasteiger partial charge on any atom is 0.407 e. The molecule has 12 N–H and O–H groups in total. The Morgan fingerprint density at radius 3 is 1.94 bits per heavy atom. The number of rotatable bonds is 29. The number of carbonyl (C=O) groups excluding carboxylic acids is 6. The molecule has 0 saturated heterocycles. The molecule has 0 radical (unpaired) electrons. The van der Waals surface area contributed by atoms with E-state index in [1.165, 1.54) is 0 Å². The van der Waals surface area contributed by atoms with E-state index in [1.807, 2.05) is 68.4 Å². The first-order valence-electron chi connectivity index (χ1n) is 22.4. The normalized spacial score (nSPS) is 13.4. The van der Waals surface area contributed by atoms with E-state index >= 15 is 0 Å². The van der Waals surface area contributed by atoms with Crippen molar-refractivity contribution in [2.75, 3.05) is 19.6 Å². The Kier molecular flexibility index (Phi) is 21.6. The minimum atomic E-state index is -1.32. The third-order valence-corrected chi connectivity index (χ3v) is 10.7. The van der Waals surface area contributed by atoms with Gasteiger partial charge in [0.05, 0.1) is 12.5 Å². The van der Waals surface area contributed by atoms with E-state index in [0.717, 1.165) is 16.5 Å². The molecule has 18 nitrogen and oxygen atoms in total. The third-order valence-electron chi connectivity index (χ3n) is 10.7. The molecule has 0 aliphatic rings. The maximum atomic E-state index is 14.4. The minimum Gasteiger partial charge on any atom is -0.481 e. The van der Waals surface area contributed by atoms with Gasteiger partial charge >= 0.3 is 12.1 Å². The molecule has 66 heavy (non-hydrogen) atoms. The topological polar surface area (TPSA) is 289 Å². The molecule has 4 rings (SSSR count). The predicted octanol–water partition coefficient (Wildman–Crippen LogP) is 2.69. The number of carbonyl (C=O) groups is 7. The summed E-state index contributed by atoms with van der Waals surface area (Å²) >= 11 is 0. The van der Waals surface area contributed by atoms with E-state index in [9.17, 15) is 33.6 Å². The lowest BCUT2D eigenvalue weighted by Crippen LogP contribution is -2.59. The van der Waals surface area contributed by atoms with Gasteiger partial charge in [0.25, 0.3) is 0 Å². The molecule has 0 spiro atoms. The van der Waals surface area contributed by atoms with E-state index < -0.39 is 65.8 Å². The summed E-state index contributed by atoms with van der Waals surface area (Å²) < 4.78 is 5.29. The fraction of sp³-hybridized carbons (Fsp3) is 0.438. The van der Waals surface area contributed by atoms with Crippen LogP contribution >= 0.6 is 0 Å². The lowest BCUT2D eigenvalue weighted by molar-refractivity contribution is -0.137. The van der Waals surface area contributed by atoms with Crippen LogP contribution in [0.3, 0.4) is 0 Å². The molecule has 0 fully saturated rings. The fourth-order valence-corrected chi connectivity index (χ4v) is 7.32. The number of benzene rings is 3. The Hall–Kier alpha value is -6.79. The highest BCUT2D eigenvalue weighted by molar-refractivity contribution is 5.96. The second kappa shape index (κ2) is 27.5. The molecular weight excluding hydrogens is 847 g/mol. The van der Waals surface area contributed by atoms with Gasteiger partial charge in [0.15, 0.2) is 0 Å². The van der Waals surface area contributed by atoms with E-state index in [4.69, 9.17) is 21.3 Å². The predicted molar refractivity (Wildman–Crippen MR) is 249 cm³/mol. The first-order chi connectivity index (χ1) is 31.7. The Labute approximate surface area is 385 Å². The molecule has 1 heterocycles. The number of H-pyrrole nitrogens is 1. The number of amides is 6. The van der Waals surface area contributed by atoms with Crippen molar-refractivity contribution < 1.29 is 43.4 Å². The van der Waals surface area contributed by atoms with Crippen molar-refractivity contribution >= 4 is 52.5 Å². The van der Waals surface area contributed by atoms with Gasteiger partial charge in [-0.3, -0.25) is 28.8 Å². The van der Waals surface area contributed by atoms with Gasteiger partial charge in [-0.05, 0) is 60.8 Å². The molecule has 0 aliphatic carbocycles. The van der Waals surface area contributed by atoms with Crippen molar-refractivity contribution in [2.45, 2.75) is 108 Å². The molecule has 3 aromatic carbocycles. The summed E-state index contributed by atoms with van der Waals surface area (Å²) in [7, 11) is 0. The highest BCUT2D eigenvalue weighted by atomic mass is 16.5. The molecule has 0 aliphatic heterocycles. The zero-order valence-corrected chi connectivity index (χ0v) is 37.7. The van der Waals surface area contributed by atoms with Crippen LogP contribution in [-0.4, -0.2) is 102 Å². The number of nitrogens with two attached hydrogens (primary N) is 2. The lowest BCUT2D eigenvalue weighted by atomic mass is 10.0. The summed E-state index contributed by atoms with van der Waals surface area (Å²) in [5.74, 6) is -4.19. The van der Waals surface area contributed by atoms with Crippen LogP contribution in [0.2, 0.25) is 0 Å². The van der Waals surface area contributed by atoms with Crippen molar-refractivity contribution in [3.05, 3.63) is 108 Å². The molecule has 356 valence electrons. The molecule has 0 saturated carbocycles. The zero-order valence-electron chi connectivity index (χ0n) is 37.7.